The van der Waals surface area contributed by atoms with Gasteiger partial charge in [-0.3, -0.25) is 5.09 Å². The second kappa shape index (κ2) is 9.83. The topological polar surface area (TPSA) is 47.6 Å². The van der Waals surface area contributed by atoms with Gasteiger partial charge in [-0.25, -0.2) is 4.79 Å². The van der Waals surface area contributed by atoms with E-state index in [-0.39, 0.29) is 12.1 Å². The summed E-state index contributed by atoms with van der Waals surface area (Å²) in [5, 5.41) is 6.00. The first-order valence-electron chi connectivity index (χ1n) is 10.6. The zero-order valence-corrected chi connectivity index (χ0v) is 19.8. The number of para-hydroxylation sites is 1. The Hall–Kier alpha value is -2.72. The van der Waals surface area contributed by atoms with Crippen LogP contribution in [0.15, 0.2) is 96.8 Å². The first kappa shape index (κ1) is 22.5. The van der Waals surface area contributed by atoms with E-state index in [1.54, 1.807) is 0 Å². The number of hydrogen-bond donors (Lipinski definition) is 1. The van der Waals surface area contributed by atoms with Crippen molar-refractivity contribution < 1.29 is 14.3 Å². The second-order valence-corrected chi connectivity index (χ2v) is 12.1. The fraction of sp³-hybridized carbons (Fsp3) is 0.192. The minimum Gasteiger partial charge on any atom is -0.461 e. The number of carbonyl (C=O) groups excluding carboxylic acids is 1. The second-order valence-electron chi connectivity index (χ2n) is 7.90. The van der Waals surface area contributed by atoms with Crippen molar-refractivity contribution >= 4 is 34.6 Å². The third-order valence-corrected chi connectivity index (χ3v) is 9.46. The summed E-state index contributed by atoms with van der Waals surface area (Å²) in [6, 6.07) is 28.2. The molecule has 6 heteroatoms. The smallest absolute Gasteiger partial charge is 0.334 e. The van der Waals surface area contributed by atoms with Gasteiger partial charge in [-0.05, 0) is 19.9 Å². The van der Waals surface area contributed by atoms with Crippen LogP contribution in [0.4, 0.5) is 0 Å². The lowest BCUT2D eigenvalue weighted by atomic mass is 10.00. The Morgan fingerprint density at radius 3 is 2.16 bits per heavy atom. The Morgan fingerprint density at radius 2 is 1.56 bits per heavy atom. The van der Waals surface area contributed by atoms with E-state index in [0.717, 1.165) is 21.9 Å². The molecule has 1 heterocycles. The number of carbonyl (C=O) groups is 1. The fourth-order valence-electron chi connectivity index (χ4n) is 3.75. The average Bonchev–Trinajstić information content (AvgIpc) is 2.79. The minimum atomic E-state index is -2.35. The van der Waals surface area contributed by atoms with Crippen molar-refractivity contribution in [1.29, 1.82) is 0 Å². The summed E-state index contributed by atoms with van der Waals surface area (Å²) in [6.45, 7) is 3.65. The van der Waals surface area contributed by atoms with Crippen LogP contribution >= 0.6 is 6.19 Å². The predicted molar refractivity (Wildman–Crippen MR) is 133 cm³/mol. The van der Waals surface area contributed by atoms with Gasteiger partial charge in [-0.1, -0.05) is 90.7 Å². The standard InChI is InChI=1S/C26H26NO3PS/c1-19(2)29-26(28)18-20-17-24(23-15-9-10-16-25(23)30-20)27-31(32,21-11-5-3-6-12-21)22-13-7-4-8-14-22/h3-16,18-19,24H,17H2,1-2H3,(H,27,32)/b20-18+. The fourth-order valence-corrected chi connectivity index (χ4v) is 7.31. The number of rotatable bonds is 6. The number of nitrogens with one attached hydrogen (secondary N) is 1. The molecule has 1 N–H and O–H groups in total. The van der Waals surface area contributed by atoms with E-state index in [1.165, 1.54) is 6.08 Å². The molecule has 1 aliphatic rings. The normalized spacial score (nSPS) is 17.0. The summed E-state index contributed by atoms with van der Waals surface area (Å²) in [5.41, 5.74) is 1.03. The SMILES string of the molecule is CC(C)OC(=O)/C=C1\CC(NP(=S)(c2ccccc2)c2ccccc2)c2ccccc2O1. The maximum Gasteiger partial charge on any atom is 0.334 e. The third-order valence-electron chi connectivity index (χ3n) is 5.15. The van der Waals surface area contributed by atoms with Gasteiger partial charge in [0.1, 0.15) is 11.5 Å². The van der Waals surface area contributed by atoms with Gasteiger partial charge >= 0.3 is 5.97 Å². The highest BCUT2D eigenvalue weighted by Gasteiger charge is 2.31. The van der Waals surface area contributed by atoms with Crippen LogP contribution < -0.4 is 20.4 Å². The molecule has 32 heavy (non-hydrogen) atoms. The van der Waals surface area contributed by atoms with Gasteiger partial charge in [0.25, 0.3) is 0 Å². The first-order valence-corrected chi connectivity index (χ1v) is 13.4. The summed E-state index contributed by atoms with van der Waals surface area (Å²) in [4.78, 5) is 12.3. The lowest BCUT2D eigenvalue weighted by Crippen LogP contribution is -2.32. The van der Waals surface area contributed by atoms with Crippen molar-refractivity contribution in [3.05, 3.63) is 102 Å². The number of esters is 1. The van der Waals surface area contributed by atoms with Crippen LogP contribution in [0.5, 0.6) is 5.75 Å². The van der Waals surface area contributed by atoms with Gasteiger partial charge in [0.15, 0.2) is 0 Å². The molecule has 0 saturated carbocycles. The summed E-state index contributed by atoms with van der Waals surface area (Å²) in [6.07, 6.45) is -0.590. The van der Waals surface area contributed by atoms with E-state index >= 15 is 0 Å². The zero-order chi connectivity index (χ0) is 22.6. The number of hydrogen-bond acceptors (Lipinski definition) is 4. The average molecular weight is 464 g/mol. The molecule has 0 fully saturated rings. The van der Waals surface area contributed by atoms with E-state index in [0.29, 0.717) is 12.2 Å². The summed E-state index contributed by atoms with van der Waals surface area (Å²) in [5.74, 6) is 0.885. The van der Waals surface area contributed by atoms with Gasteiger partial charge < -0.3 is 9.47 Å². The van der Waals surface area contributed by atoms with Crippen LogP contribution in [0, 0.1) is 0 Å². The molecule has 0 spiro atoms. The van der Waals surface area contributed by atoms with Gasteiger partial charge in [0.2, 0.25) is 0 Å². The molecule has 3 aromatic carbocycles. The number of benzene rings is 3. The largest absolute Gasteiger partial charge is 0.461 e. The Kier molecular flexibility index (Phi) is 6.90. The van der Waals surface area contributed by atoms with Gasteiger partial charge in [-0.2, -0.15) is 0 Å². The Morgan fingerprint density at radius 1 is 1.00 bits per heavy atom. The maximum atomic E-state index is 12.3. The monoisotopic (exact) mass is 463 g/mol. The van der Waals surface area contributed by atoms with E-state index in [9.17, 15) is 4.79 Å². The molecule has 164 valence electrons. The lowest BCUT2D eigenvalue weighted by Gasteiger charge is -2.34. The van der Waals surface area contributed by atoms with Crippen LogP contribution in [-0.4, -0.2) is 12.1 Å². The molecular formula is C26H26NO3PS. The Balaban J connectivity index is 1.74. The maximum absolute atomic E-state index is 12.3. The molecule has 4 rings (SSSR count). The number of ether oxygens (including phenoxy) is 2. The van der Waals surface area contributed by atoms with Crippen LogP contribution in [0.1, 0.15) is 31.9 Å². The molecule has 0 aliphatic carbocycles. The highest BCUT2D eigenvalue weighted by molar-refractivity contribution is 8.20. The quantitative estimate of drug-likeness (QED) is 0.317. The molecule has 1 aliphatic heterocycles. The van der Waals surface area contributed by atoms with Crippen molar-refractivity contribution in [1.82, 2.24) is 5.09 Å². The van der Waals surface area contributed by atoms with Crippen molar-refractivity contribution in [3.63, 3.8) is 0 Å². The summed E-state index contributed by atoms with van der Waals surface area (Å²) >= 11 is 6.38. The Labute approximate surface area is 194 Å². The summed E-state index contributed by atoms with van der Waals surface area (Å²) in [7, 11) is 0. The van der Waals surface area contributed by atoms with Crippen LogP contribution in [-0.2, 0) is 21.3 Å². The third kappa shape index (κ3) is 5.02. The van der Waals surface area contributed by atoms with Crippen LogP contribution in [0.25, 0.3) is 0 Å². The van der Waals surface area contributed by atoms with Gasteiger partial charge in [0.05, 0.1) is 18.4 Å². The molecule has 0 amide bonds. The zero-order valence-electron chi connectivity index (χ0n) is 18.1. The molecule has 1 atom stereocenters. The molecule has 0 bridgehead atoms. The first-order chi connectivity index (χ1) is 15.5. The predicted octanol–water partition coefficient (Wildman–Crippen LogP) is 4.98. The molecule has 0 radical (unpaired) electrons. The van der Waals surface area contributed by atoms with E-state index in [1.807, 2.05) is 74.5 Å². The van der Waals surface area contributed by atoms with E-state index in [4.69, 9.17) is 21.3 Å². The molecule has 4 nitrogen and oxygen atoms in total. The highest BCUT2D eigenvalue weighted by atomic mass is 32.4. The molecule has 0 aromatic heterocycles. The van der Waals surface area contributed by atoms with Crippen molar-refractivity contribution in [2.45, 2.75) is 32.4 Å². The van der Waals surface area contributed by atoms with Gasteiger partial charge in [-0.15, -0.1) is 0 Å². The minimum absolute atomic E-state index is 0.107. The van der Waals surface area contributed by atoms with Crippen molar-refractivity contribution in [3.8, 4) is 5.75 Å². The molecule has 0 saturated heterocycles. The van der Waals surface area contributed by atoms with Crippen molar-refractivity contribution in [2.75, 3.05) is 0 Å². The number of fused-ring (bicyclic) bond motifs is 1. The van der Waals surface area contributed by atoms with E-state index in [2.05, 4.69) is 29.4 Å². The van der Waals surface area contributed by atoms with E-state index < -0.39 is 12.2 Å². The van der Waals surface area contributed by atoms with Crippen LogP contribution in [0.2, 0.25) is 0 Å². The molecule has 1 unspecified atom stereocenters. The molecule has 3 aromatic rings. The molecular weight excluding hydrogens is 437 g/mol. The van der Waals surface area contributed by atoms with Gasteiger partial charge in [0, 0.05) is 28.6 Å². The van der Waals surface area contributed by atoms with Crippen LogP contribution in [0.3, 0.4) is 0 Å². The lowest BCUT2D eigenvalue weighted by molar-refractivity contribution is -0.141. The van der Waals surface area contributed by atoms with Crippen molar-refractivity contribution in [2.24, 2.45) is 0 Å². The highest BCUT2D eigenvalue weighted by Crippen LogP contribution is 2.46. The summed E-state index contributed by atoms with van der Waals surface area (Å²) < 4.78 is 11.3. The Bertz CT molecular complexity index is 1120.